The predicted molar refractivity (Wildman–Crippen MR) is 79.0 cm³/mol. The minimum atomic E-state index is -2.67. The second-order valence-electron chi connectivity index (χ2n) is 4.56. The van der Waals surface area contributed by atoms with Crippen LogP contribution in [0.5, 0.6) is 0 Å². The average molecular weight is 298 g/mol. The van der Waals surface area contributed by atoms with Crippen LogP contribution in [0.2, 0.25) is 0 Å². The van der Waals surface area contributed by atoms with Gasteiger partial charge in [-0.2, -0.15) is 0 Å². The molecule has 0 radical (unpaired) electrons. The highest BCUT2D eigenvalue weighted by molar-refractivity contribution is 7.64. The summed E-state index contributed by atoms with van der Waals surface area (Å²) in [4.78, 5) is 11.8. The summed E-state index contributed by atoms with van der Waals surface area (Å²) in [7, 11) is -1.41. The summed E-state index contributed by atoms with van der Waals surface area (Å²) in [5.74, 6) is -0.958. The summed E-state index contributed by atoms with van der Waals surface area (Å²) in [5, 5.41) is 0. The molecule has 0 bridgehead atoms. The van der Waals surface area contributed by atoms with Crippen molar-refractivity contribution in [2.75, 3.05) is 19.4 Å². The molecule has 0 aliphatic heterocycles. The third kappa shape index (κ3) is 3.37. The van der Waals surface area contributed by atoms with Gasteiger partial charge in [-0.25, -0.2) is 9.18 Å². The van der Waals surface area contributed by atoms with Gasteiger partial charge in [-0.05, 0) is 30.0 Å². The van der Waals surface area contributed by atoms with E-state index in [2.05, 4.69) is 11.3 Å². The fourth-order valence-corrected chi connectivity index (χ4v) is 4.80. The number of esters is 1. The number of carbonyl (C=O) groups is 1. The molecule has 0 unspecified atom stereocenters. The molecule has 0 fully saturated rings. The topological polar surface area (TPSA) is 43.4 Å². The number of methoxy groups -OCH3 is 1. The van der Waals surface area contributed by atoms with E-state index in [1.165, 1.54) is 19.2 Å². The molecular formula is C15H20FO3P. The quantitative estimate of drug-likeness (QED) is 0.453. The molecule has 0 amide bonds. The van der Waals surface area contributed by atoms with Crippen LogP contribution in [0.25, 0.3) is 0 Å². The Morgan fingerprint density at radius 1 is 1.30 bits per heavy atom. The minimum Gasteiger partial charge on any atom is -0.466 e. The lowest BCUT2D eigenvalue weighted by Crippen LogP contribution is -2.15. The van der Waals surface area contributed by atoms with E-state index in [-0.39, 0.29) is 11.4 Å². The zero-order valence-electron chi connectivity index (χ0n) is 12.1. The zero-order chi connectivity index (χ0) is 15.3. The Labute approximate surface area is 119 Å². The monoisotopic (exact) mass is 298 g/mol. The first-order valence-corrected chi connectivity index (χ1v) is 8.64. The van der Waals surface area contributed by atoms with Gasteiger partial charge in [-0.1, -0.05) is 32.6 Å². The van der Waals surface area contributed by atoms with Crippen LogP contribution in [0.1, 0.15) is 25.1 Å². The van der Waals surface area contributed by atoms with Gasteiger partial charge in [0.05, 0.1) is 19.9 Å². The highest BCUT2D eigenvalue weighted by Gasteiger charge is 2.36. The molecule has 1 rings (SSSR count). The molecule has 110 valence electrons. The molecule has 0 saturated heterocycles. The Balaban J connectivity index is 3.34. The van der Waals surface area contributed by atoms with Crippen LogP contribution in [0.4, 0.5) is 4.39 Å². The van der Waals surface area contributed by atoms with Gasteiger partial charge in [0.1, 0.15) is 5.82 Å². The van der Waals surface area contributed by atoms with E-state index in [1.807, 2.05) is 13.8 Å². The summed E-state index contributed by atoms with van der Waals surface area (Å²) >= 11 is 0. The average Bonchev–Trinajstić information content (AvgIpc) is 2.48. The van der Waals surface area contributed by atoms with E-state index in [0.29, 0.717) is 17.9 Å². The van der Waals surface area contributed by atoms with Gasteiger partial charge in [-0.3, -0.25) is 0 Å². The molecule has 0 N–H and O–H groups in total. The number of rotatable bonds is 6. The normalized spacial score (nSPS) is 12.8. The maximum atomic E-state index is 13.1. The van der Waals surface area contributed by atoms with Gasteiger partial charge in [0.15, 0.2) is 0 Å². The Morgan fingerprint density at radius 2 is 1.80 bits per heavy atom. The summed E-state index contributed by atoms with van der Waals surface area (Å²) in [5.41, 5.74) is 0.172. The lowest BCUT2D eigenvalue weighted by molar-refractivity contribution is -0.136. The van der Waals surface area contributed by atoms with Crippen LogP contribution in [0, 0.1) is 5.82 Å². The number of benzene rings is 1. The van der Waals surface area contributed by atoms with Crippen molar-refractivity contribution in [1.82, 2.24) is 0 Å². The first kappa shape index (κ1) is 16.6. The van der Waals surface area contributed by atoms with Gasteiger partial charge in [0, 0.05) is 5.57 Å². The second kappa shape index (κ2) is 6.85. The van der Waals surface area contributed by atoms with Gasteiger partial charge in [0.2, 0.25) is 0 Å². The van der Waals surface area contributed by atoms with Crippen molar-refractivity contribution in [2.45, 2.75) is 19.5 Å². The van der Waals surface area contributed by atoms with Crippen LogP contribution < -0.4 is 0 Å². The number of carbonyl (C=O) groups excluding carboxylic acids is 1. The lowest BCUT2D eigenvalue weighted by atomic mass is 10.1. The van der Waals surface area contributed by atoms with Crippen molar-refractivity contribution in [2.24, 2.45) is 0 Å². The minimum absolute atomic E-state index is 0.158. The molecule has 1 aromatic carbocycles. The van der Waals surface area contributed by atoms with Crippen molar-refractivity contribution in [1.29, 1.82) is 0 Å². The molecular weight excluding hydrogens is 278 g/mol. The highest BCUT2D eigenvalue weighted by Crippen LogP contribution is 2.61. The van der Waals surface area contributed by atoms with E-state index >= 15 is 0 Å². The van der Waals surface area contributed by atoms with Crippen LogP contribution in [-0.2, 0) is 14.1 Å². The maximum Gasteiger partial charge on any atom is 0.334 e. The molecule has 5 heteroatoms. The van der Waals surface area contributed by atoms with Gasteiger partial charge in [-0.15, -0.1) is 0 Å². The molecule has 1 atom stereocenters. The summed E-state index contributed by atoms with van der Waals surface area (Å²) in [6, 6.07) is 5.68. The van der Waals surface area contributed by atoms with Crippen LogP contribution in [-0.4, -0.2) is 25.4 Å². The Hall–Kier alpha value is -1.41. The molecule has 0 aromatic heterocycles. The first-order valence-electron chi connectivity index (χ1n) is 6.50. The van der Waals surface area contributed by atoms with Crippen LogP contribution in [0.15, 0.2) is 36.4 Å². The fourth-order valence-electron chi connectivity index (χ4n) is 2.23. The van der Waals surface area contributed by atoms with Crippen molar-refractivity contribution in [3.63, 3.8) is 0 Å². The number of halogens is 1. The van der Waals surface area contributed by atoms with Crippen LogP contribution >= 0.6 is 7.14 Å². The number of hydrogen-bond donors (Lipinski definition) is 0. The van der Waals surface area contributed by atoms with Crippen molar-refractivity contribution >= 4 is 13.1 Å². The Morgan fingerprint density at radius 3 is 2.20 bits per heavy atom. The first-order chi connectivity index (χ1) is 9.39. The SMILES string of the molecule is C=C(C(=O)OC)[C@@H](c1ccc(F)cc1)P(=O)(CC)CC. The van der Waals surface area contributed by atoms with E-state index in [4.69, 9.17) is 0 Å². The fraction of sp³-hybridized carbons (Fsp3) is 0.400. The Kier molecular flexibility index (Phi) is 5.70. The molecule has 1 aromatic rings. The Bertz CT molecular complexity index is 529. The molecule has 3 nitrogen and oxygen atoms in total. The second-order valence-corrected chi connectivity index (χ2v) is 8.24. The lowest BCUT2D eigenvalue weighted by Gasteiger charge is -2.27. The van der Waals surface area contributed by atoms with E-state index in [0.717, 1.165) is 0 Å². The van der Waals surface area contributed by atoms with E-state index in [1.54, 1.807) is 12.1 Å². The predicted octanol–water partition coefficient (Wildman–Crippen LogP) is 4.00. The maximum absolute atomic E-state index is 13.1. The van der Waals surface area contributed by atoms with Crippen molar-refractivity contribution in [3.05, 3.63) is 47.8 Å². The summed E-state index contributed by atoms with van der Waals surface area (Å²) < 4.78 is 30.8. The van der Waals surface area contributed by atoms with E-state index < -0.39 is 18.8 Å². The largest absolute Gasteiger partial charge is 0.466 e. The van der Waals surface area contributed by atoms with Crippen molar-refractivity contribution < 1.29 is 18.5 Å². The van der Waals surface area contributed by atoms with Crippen LogP contribution in [0.3, 0.4) is 0 Å². The number of ether oxygens (including phenoxy) is 1. The molecule has 0 aliphatic carbocycles. The van der Waals surface area contributed by atoms with Crippen molar-refractivity contribution in [3.8, 4) is 0 Å². The third-order valence-corrected chi connectivity index (χ3v) is 7.20. The third-order valence-electron chi connectivity index (χ3n) is 3.50. The van der Waals surface area contributed by atoms with Gasteiger partial charge < -0.3 is 9.30 Å². The smallest absolute Gasteiger partial charge is 0.334 e. The molecule has 20 heavy (non-hydrogen) atoms. The van der Waals surface area contributed by atoms with Gasteiger partial charge in [0.25, 0.3) is 0 Å². The summed E-state index contributed by atoms with van der Waals surface area (Å²) in [6.45, 7) is 7.40. The number of hydrogen-bond acceptors (Lipinski definition) is 3. The highest BCUT2D eigenvalue weighted by atomic mass is 31.2. The molecule has 0 spiro atoms. The molecule has 0 saturated carbocycles. The molecule has 0 heterocycles. The molecule has 0 aliphatic rings. The van der Waals surface area contributed by atoms with E-state index in [9.17, 15) is 13.8 Å². The standard InChI is InChI=1S/C15H20FO3P/c1-5-20(18,6-2)14(11(3)15(17)19-4)12-7-9-13(16)10-8-12/h7-10,14H,3,5-6H2,1-2,4H3/t14-/m0/s1. The van der Waals surface area contributed by atoms with Gasteiger partial charge >= 0.3 is 5.97 Å². The zero-order valence-corrected chi connectivity index (χ0v) is 13.0. The summed E-state index contributed by atoms with van der Waals surface area (Å²) in [6.07, 6.45) is 0.892.